The zero-order chi connectivity index (χ0) is 16.7. The molecule has 0 aromatic heterocycles. The monoisotopic (exact) mass is 310 g/mol. The Labute approximate surface area is 136 Å². The molecule has 0 radical (unpaired) electrons. The van der Waals surface area contributed by atoms with E-state index in [1.807, 2.05) is 54.6 Å². The topological polar surface area (TPSA) is 58.2 Å². The molecule has 0 saturated carbocycles. The number of rotatable bonds is 6. The van der Waals surface area contributed by atoms with E-state index in [0.717, 1.165) is 23.2 Å². The molecule has 2 N–H and O–H groups in total. The zero-order valence-corrected chi connectivity index (χ0v) is 13.5. The van der Waals surface area contributed by atoms with Crippen LogP contribution in [0.4, 0.5) is 5.69 Å². The maximum absolute atomic E-state index is 12.4. The Hall–Kier alpha value is -2.62. The molecule has 1 atom stereocenters. The second-order valence-corrected chi connectivity index (χ2v) is 5.43. The van der Waals surface area contributed by atoms with Crippen molar-refractivity contribution >= 4 is 17.5 Å². The van der Waals surface area contributed by atoms with Crippen LogP contribution < -0.4 is 10.6 Å². The Bertz CT molecular complexity index is 668. The normalized spacial score (nSPS) is 11.6. The smallest absolute Gasteiger partial charge is 0.226 e. The van der Waals surface area contributed by atoms with Gasteiger partial charge in [0.15, 0.2) is 0 Å². The SMILES string of the molecule is CCc1ccccc1NC(=O)C[C@@H](NC(C)=O)c1ccccc1. The number of hydrogen-bond acceptors (Lipinski definition) is 2. The molecule has 2 aromatic carbocycles. The standard InChI is InChI=1S/C19H22N2O2/c1-3-15-9-7-8-12-17(15)21-19(23)13-18(20-14(2)22)16-10-5-4-6-11-16/h4-12,18H,3,13H2,1-2H3,(H,20,22)(H,21,23)/t18-/m1/s1. The van der Waals surface area contributed by atoms with Crippen molar-refractivity contribution in [3.05, 3.63) is 65.7 Å². The molecular weight excluding hydrogens is 288 g/mol. The van der Waals surface area contributed by atoms with E-state index in [1.165, 1.54) is 6.92 Å². The van der Waals surface area contributed by atoms with Gasteiger partial charge in [-0.15, -0.1) is 0 Å². The highest BCUT2D eigenvalue weighted by molar-refractivity contribution is 5.92. The summed E-state index contributed by atoms with van der Waals surface area (Å²) in [5.41, 5.74) is 2.84. The zero-order valence-electron chi connectivity index (χ0n) is 13.5. The summed E-state index contributed by atoms with van der Waals surface area (Å²) in [7, 11) is 0. The third kappa shape index (κ3) is 4.95. The van der Waals surface area contributed by atoms with Crippen LogP contribution >= 0.6 is 0 Å². The van der Waals surface area contributed by atoms with Gasteiger partial charge in [0, 0.05) is 12.6 Å². The average molecular weight is 310 g/mol. The Morgan fingerprint density at radius 3 is 2.30 bits per heavy atom. The quantitative estimate of drug-likeness (QED) is 0.858. The van der Waals surface area contributed by atoms with Crippen molar-refractivity contribution < 1.29 is 9.59 Å². The van der Waals surface area contributed by atoms with Gasteiger partial charge in [0.1, 0.15) is 0 Å². The minimum absolute atomic E-state index is 0.117. The Morgan fingerprint density at radius 2 is 1.65 bits per heavy atom. The summed E-state index contributed by atoms with van der Waals surface area (Å²) in [6.07, 6.45) is 1.05. The van der Waals surface area contributed by atoms with Crippen LogP contribution in [0.2, 0.25) is 0 Å². The number of para-hydroxylation sites is 1. The fourth-order valence-electron chi connectivity index (χ4n) is 2.52. The summed E-state index contributed by atoms with van der Waals surface area (Å²) in [5, 5.41) is 5.79. The van der Waals surface area contributed by atoms with Crippen LogP contribution in [0.25, 0.3) is 0 Å². The first kappa shape index (κ1) is 16.7. The molecule has 2 amide bonds. The van der Waals surface area contributed by atoms with Crippen molar-refractivity contribution in [3.8, 4) is 0 Å². The Morgan fingerprint density at radius 1 is 1.00 bits per heavy atom. The van der Waals surface area contributed by atoms with E-state index >= 15 is 0 Å². The van der Waals surface area contributed by atoms with Gasteiger partial charge < -0.3 is 10.6 Å². The first-order chi connectivity index (χ1) is 11.1. The largest absolute Gasteiger partial charge is 0.349 e. The molecule has 0 aliphatic rings. The minimum Gasteiger partial charge on any atom is -0.349 e. The van der Waals surface area contributed by atoms with Crippen LogP contribution in [0.5, 0.6) is 0 Å². The van der Waals surface area contributed by atoms with E-state index in [4.69, 9.17) is 0 Å². The summed E-state index contributed by atoms with van der Waals surface area (Å²) in [6.45, 7) is 3.51. The number of nitrogens with one attached hydrogen (secondary N) is 2. The predicted molar refractivity (Wildman–Crippen MR) is 92.1 cm³/mol. The van der Waals surface area contributed by atoms with Crippen molar-refractivity contribution in [2.24, 2.45) is 0 Å². The van der Waals surface area contributed by atoms with Crippen molar-refractivity contribution in [1.82, 2.24) is 5.32 Å². The fraction of sp³-hybridized carbons (Fsp3) is 0.263. The molecule has 2 rings (SSSR count). The number of benzene rings is 2. The van der Waals surface area contributed by atoms with Crippen LogP contribution in [0, 0.1) is 0 Å². The average Bonchev–Trinajstić information content (AvgIpc) is 2.55. The summed E-state index contributed by atoms with van der Waals surface area (Å²) in [4.78, 5) is 23.8. The number of anilines is 1. The van der Waals surface area contributed by atoms with Gasteiger partial charge in [-0.25, -0.2) is 0 Å². The van der Waals surface area contributed by atoms with E-state index in [2.05, 4.69) is 17.6 Å². The van der Waals surface area contributed by atoms with Crippen LogP contribution in [0.15, 0.2) is 54.6 Å². The molecule has 0 bridgehead atoms. The first-order valence-electron chi connectivity index (χ1n) is 7.80. The van der Waals surface area contributed by atoms with E-state index in [0.29, 0.717) is 0 Å². The van der Waals surface area contributed by atoms with Crippen LogP contribution in [0.3, 0.4) is 0 Å². The lowest BCUT2D eigenvalue weighted by Crippen LogP contribution is -2.29. The highest BCUT2D eigenvalue weighted by Crippen LogP contribution is 2.20. The molecule has 4 heteroatoms. The van der Waals surface area contributed by atoms with Gasteiger partial charge in [-0.05, 0) is 23.6 Å². The number of amides is 2. The molecule has 0 aliphatic carbocycles. The van der Waals surface area contributed by atoms with Crippen molar-refractivity contribution in [1.29, 1.82) is 0 Å². The lowest BCUT2D eigenvalue weighted by atomic mass is 10.0. The highest BCUT2D eigenvalue weighted by atomic mass is 16.2. The van der Waals surface area contributed by atoms with Gasteiger partial charge in [0.25, 0.3) is 0 Å². The molecule has 2 aromatic rings. The van der Waals surface area contributed by atoms with Gasteiger partial charge in [-0.2, -0.15) is 0 Å². The molecule has 0 fully saturated rings. The summed E-state index contributed by atoms with van der Waals surface area (Å²) in [5.74, 6) is -0.269. The predicted octanol–water partition coefficient (Wildman–Crippen LogP) is 3.46. The molecule has 0 aliphatic heterocycles. The van der Waals surface area contributed by atoms with Crippen molar-refractivity contribution in [2.45, 2.75) is 32.7 Å². The van der Waals surface area contributed by atoms with Crippen LogP contribution in [0.1, 0.15) is 37.4 Å². The van der Waals surface area contributed by atoms with E-state index in [1.54, 1.807) is 0 Å². The number of hydrogen-bond donors (Lipinski definition) is 2. The van der Waals surface area contributed by atoms with Crippen LogP contribution in [-0.4, -0.2) is 11.8 Å². The third-order valence-corrected chi connectivity index (χ3v) is 3.64. The third-order valence-electron chi connectivity index (χ3n) is 3.64. The molecule has 0 heterocycles. The molecule has 120 valence electrons. The van der Waals surface area contributed by atoms with Gasteiger partial charge >= 0.3 is 0 Å². The second kappa shape index (κ2) is 8.13. The molecule has 0 saturated heterocycles. The van der Waals surface area contributed by atoms with E-state index in [-0.39, 0.29) is 24.3 Å². The summed E-state index contributed by atoms with van der Waals surface area (Å²) < 4.78 is 0. The van der Waals surface area contributed by atoms with Crippen LogP contribution in [-0.2, 0) is 16.0 Å². The molecular formula is C19H22N2O2. The first-order valence-corrected chi connectivity index (χ1v) is 7.80. The lowest BCUT2D eigenvalue weighted by molar-refractivity contribution is -0.120. The molecule has 4 nitrogen and oxygen atoms in total. The number of carbonyl (C=O) groups is 2. The number of aryl methyl sites for hydroxylation is 1. The summed E-state index contributed by atoms with van der Waals surface area (Å²) in [6, 6.07) is 16.9. The molecule has 0 spiro atoms. The Balaban J connectivity index is 2.10. The second-order valence-electron chi connectivity index (χ2n) is 5.43. The maximum Gasteiger partial charge on any atom is 0.226 e. The molecule has 23 heavy (non-hydrogen) atoms. The van der Waals surface area contributed by atoms with Crippen molar-refractivity contribution in [3.63, 3.8) is 0 Å². The van der Waals surface area contributed by atoms with Gasteiger partial charge in [-0.1, -0.05) is 55.5 Å². The van der Waals surface area contributed by atoms with Gasteiger partial charge in [-0.3, -0.25) is 9.59 Å². The lowest BCUT2D eigenvalue weighted by Gasteiger charge is -2.18. The van der Waals surface area contributed by atoms with E-state index in [9.17, 15) is 9.59 Å². The van der Waals surface area contributed by atoms with E-state index < -0.39 is 0 Å². The molecule has 0 unspecified atom stereocenters. The number of carbonyl (C=O) groups excluding carboxylic acids is 2. The van der Waals surface area contributed by atoms with Crippen molar-refractivity contribution in [2.75, 3.05) is 5.32 Å². The van der Waals surface area contributed by atoms with Gasteiger partial charge in [0.05, 0.1) is 12.5 Å². The summed E-state index contributed by atoms with van der Waals surface area (Å²) >= 11 is 0. The maximum atomic E-state index is 12.4. The highest BCUT2D eigenvalue weighted by Gasteiger charge is 2.17. The Kier molecular flexibility index (Phi) is 5.92. The minimum atomic E-state index is -0.331. The van der Waals surface area contributed by atoms with Gasteiger partial charge in [0.2, 0.25) is 11.8 Å². The fourth-order valence-corrected chi connectivity index (χ4v) is 2.52.